The zero-order valence-corrected chi connectivity index (χ0v) is 8.27. The summed E-state index contributed by atoms with van der Waals surface area (Å²) in [4.78, 5) is 13.2. The van der Waals surface area contributed by atoms with E-state index in [-0.39, 0.29) is 5.91 Å². The van der Waals surface area contributed by atoms with Crippen LogP contribution < -0.4 is 0 Å². The van der Waals surface area contributed by atoms with Gasteiger partial charge in [-0.3, -0.25) is 4.79 Å². The highest BCUT2D eigenvalue weighted by molar-refractivity contribution is 6.30. The highest BCUT2D eigenvalue weighted by Crippen LogP contribution is 2.11. The lowest BCUT2D eigenvalue weighted by Crippen LogP contribution is -2.39. The summed E-state index contributed by atoms with van der Waals surface area (Å²) in [6.45, 7) is 5.32. The van der Waals surface area contributed by atoms with Crippen molar-refractivity contribution in [1.82, 2.24) is 4.90 Å². The molecule has 0 saturated carbocycles. The van der Waals surface area contributed by atoms with Gasteiger partial charge in [0.05, 0.1) is 0 Å². The van der Waals surface area contributed by atoms with Gasteiger partial charge in [-0.15, -0.1) is 11.6 Å². The number of rotatable bonds is 1. The van der Waals surface area contributed by atoms with Gasteiger partial charge >= 0.3 is 0 Å². The van der Waals surface area contributed by atoms with Gasteiger partial charge < -0.3 is 4.90 Å². The number of halogens is 1. The van der Waals surface area contributed by atoms with Crippen molar-refractivity contribution < 1.29 is 4.79 Å². The maximum Gasteiger partial charge on any atom is 0.240 e. The van der Waals surface area contributed by atoms with Crippen LogP contribution in [0.1, 0.15) is 20.3 Å². The molecule has 1 heterocycles. The highest BCUT2D eigenvalue weighted by atomic mass is 35.5. The molecule has 0 fully saturated rings. The number of hydrogen-bond acceptors (Lipinski definition) is 1. The van der Waals surface area contributed by atoms with Gasteiger partial charge in [0, 0.05) is 13.1 Å². The molecule has 1 amide bonds. The maximum atomic E-state index is 11.4. The normalized spacial score (nSPS) is 20.2. The van der Waals surface area contributed by atoms with Crippen LogP contribution in [0.2, 0.25) is 0 Å². The van der Waals surface area contributed by atoms with Crippen molar-refractivity contribution >= 4 is 17.5 Å². The fourth-order valence-corrected chi connectivity index (χ4v) is 1.49. The Labute approximate surface area is 78.2 Å². The van der Waals surface area contributed by atoms with Crippen LogP contribution in [0.3, 0.4) is 0 Å². The number of nitrogens with zero attached hydrogens (tertiary/aromatic N) is 1. The van der Waals surface area contributed by atoms with E-state index < -0.39 is 5.38 Å². The van der Waals surface area contributed by atoms with E-state index in [1.807, 2.05) is 11.8 Å². The monoisotopic (exact) mass is 187 g/mol. The summed E-state index contributed by atoms with van der Waals surface area (Å²) in [5, 5.41) is -0.393. The van der Waals surface area contributed by atoms with Gasteiger partial charge in [0.25, 0.3) is 0 Å². The Bertz CT molecular complexity index is 211. The second-order valence-electron chi connectivity index (χ2n) is 3.21. The summed E-state index contributed by atoms with van der Waals surface area (Å²) < 4.78 is 0. The molecule has 12 heavy (non-hydrogen) atoms. The van der Waals surface area contributed by atoms with Crippen molar-refractivity contribution in [3.05, 3.63) is 11.6 Å². The lowest BCUT2D eigenvalue weighted by atomic mass is 10.1. The van der Waals surface area contributed by atoms with E-state index in [0.717, 1.165) is 19.5 Å². The lowest BCUT2D eigenvalue weighted by molar-refractivity contribution is -0.130. The Morgan fingerprint density at radius 1 is 1.75 bits per heavy atom. The first-order chi connectivity index (χ1) is 5.61. The number of carbonyl (C=O) groups excluding carboxylic acids is 1. The Kier molecular flexibility index (Phi) is 3.15. The van der Waals surface area contributed by atoms with Crippen LogP contribution >= 0.6 is 11.6 Å². The molecule has 0 aromatic carbocycles. The second-order valence-corrected chi connectivity index (χ2v) is 3.87. The number of carbonyl (C=O) groups is 1. The van der Waals surface area contributed by atoms with Crippen molar-refractivity contribution in [1.29, 1.82) is 0 Å². The zero-order valence-electron chi connectivity index (χ0n) is 7.51. The van der Waals surface area contributed by atoms with E-state index in [4.69, 9.17) is 11.6 Å². The van der Waals surface area contributed by atoms with Gasteiger partial charge in [-0.1, -0.05) is 11.6 Å². The van der Waals surface area contributed by atoms with Gasteiger partial charge in [0.1, 0.15) is 5.38 Å². The third-order valence-corrected chi connectivity index (χ3v) is 2.17. The van der Waals surface area contributed by atoms with E-state index in [0.29, 0.717) is 0 Å². The smallest absolute Gasteiger partial charge is 0.240 e. The molecule has 0 aromatic heterocycles. The second kappa shape index (κ2) is 3.94. The minimum atomic E-state index is -0.393. The molecule has 1 rings (SSSR count). The zero-order chi connectivity index (χ0) is 9.14. The fraction of sp³-hybridized carbons (Fsp3) is 0.667. The molecule has 1 aliphatic heterocycles. The minimum absolute atomic E-state index is 0.0455. The summed E-state index contributed by atoms with van der Waals surface area (Å²) >= 11 is 5.70. The Morgan fingerprint density at radius 2 is 2.42 bits per heavy atom. The molecule has 1 atom stereocenters. The molecular weight excluding hydrogens is 174 g/mol. The van der Waals surface area contributed by atoms with Gasteiger partial charge in [0.2, 0.25) is 5.91 Å². The lowest BCUT2D eigenvalue weighted by Gasteiger charge is -2.27. The number of amides is 1. The standard InChI is InChI=1S/C9H14ClNO/c1-7-4-3-5-11(6-7)9(12)8(2)10/h4,8H,3,5-6H2,1-2H3. The number of hydrogen-bond donors (Lipinski definition) is 0. The summed E-state index contributed by atoms with van der Waals surface area (Å²) in [6.07, 6.45) is 3.13. The van der Waals surface area contributed by atoms with Crippen LogP contribution in [0.25, 0.3) is 0 Å². The molecule has 0 aliphatic carbocycles. The van der Waals surface area contributed by atoms with Crippen LogP contribution in [-0.4, -0.2) is 29.3 Å². The van der Waals surface area contributed by atoms with Crippen molar-refractivity contribution in [2.45, 2.75) is 25.6 Å². The van der Waals surface area contributed by atoms with E-state index in [9.17, 15) is 4.79 Å². The van der Waals surface area contributed by atoms with Crippen LogP contribution in [-0.2, 0) is 4.79 Å². The molecule has 3 heteroatoms. The van der Waals surface area contributed by atoms with Crippen molar-refractivity contribution in [3.63, 3.8) is 0 Å². The average Bonchev–Trinajstić information content (AvgIpc) is 2.03. The first-order valence-corrected chi connectivity index (χ1v) is 4.63. The molecule has 0 radical (unpaired) electrons. The Balaban J connectivity index is 2.55. The van der Waals surface area contributed by atoms with Crippen molar-refractivity contribution in [3.8, 4) is 0 Å². The largest absolute Gasteiger partial charge is 0.337 e. The maximum absolute atomic E-state index is 11.4. The van der Waals surface area contributed by atoms with Crippen LogP contribution in [0.4, 0.5) is 0 Å². The summed E-state index contributed by atoms with van der Waals surface area (Å²) in [5.74, 6) is 0.0455. The van der Waals surface area contributed by atoms with Crippen LogP contribution in [0.15, 0.2) is 11.6 Å². The molecule has 0 aromatic rings. The van der Waals surface area contributed by atoms with E-state index >= 15 is 0 Å². The van der Waals surface area contributed by atoms with Gasteiger partial charge in [0.15, 0.2) is 0 Å². The van der Waals surface area contributed by atoms with Crippen LogP contribution in [0, 0.1) is 0 Å². The van der Waals surface area contributed by atoms with Gasteiger partial charge in [-0.2, -0.15) is 0 Å². The van der Waals surface area contributed by atoms with Gasteiger partial charge in [-0.25, -0.2) is 0 Å². The predicted octanol–water partition coefficient (Wildman–Crippen LogP) is 1.79. The number of alkyl halides is 1. The quantitative estimate of drug-likeness (QED) is 0.453. The fourth-order valence-electron chi connectivity index (χ4n) is 1.35. The SMILES string of the molecule is CC1=CCCN(C(=O)C(C)Cl)C1. The molecular formula is C9H14ClNO. The van der Waals surface area contributed by atoms with Crippen molar-refractivity contribution in [2.75, 3.05) is 13.1 Å². The molecule has 1 aliphatic rings. The molecule has 0 saturated heterocycles. The van der Waals surface area contributed by atoms with Crippen LogP contribution in [0.5, 0.6) is 0 Å². The van der Waals surface area contributed by atoms with E-state index in [2.05, 4.69) is 6.08 Å². The molecule has 0 N–H and O–H groups in total. The summed E-state index contributed by atoms with van der Waals surface area (Å²) in [6, 6.07) is 0. The molecule has 0 spiro atoms. The Morgan fingerprint density at radius 3 is 2.92 bits per heavy atom. The molecule has 1 unspecified atom stereocenters. The molecule has 68 valence electrons. The highest BCUT2D eigenvalue weighted by Gasteiger charge is 2.19. The van der Waals surface area contributed by atoms with E-state index in [1.54, 1.807) is 6.92 Å². The first kappa shape index (κ1) is 9.59. The Hall–Kier alpha value is -0.500. The first-order valence-electron chi connectivity index (χ1n) is 4.19. The molecule has 0 bridgehead atoms. The molecule has 2 nitrogen and oxygen atoms in total. The van der Waals surface area contributed by atoms with Gasteiger partial charge in [-0.05, 0) is 20.3 Å². The minimum Gasteiger partial charge on any atom is -0.337 e. The van der Waals surface area contributed by atoms with E-state index in [1.165, 1.54) is 5.57 Å². The van der Waals surface area contributed by atoms with Crippen molar-refractivity contribution in [2.24, 2.45) is 0 Å². The third kappa shape index (κ3) is 2.24. The summed E-state index contributed by atoms with van der Waals surface area (Å²) in [7, 11) is 0. The predicted molar refractivity (Wildman–Crippen MR) is 50.3 cm³/mol. The topological polar surface area (TPSA) is 20.3 Å². The summed E-state index contributed by atoms with van der Waals surface area (Å²) in [5.41, 5.74) is 1.26. The third-order valence-electron chi connectivity index (χ3n) is 1.98. The average molecular weight is 188 g/mol.